The number of amides is 3. The van der Waals surface area contributed by atoms with Gasteiger partial charge in [-0.3, -0.25) is 4.79 Å². The molecule has 32 heavy (non-hydrogen) atoms. The Balaban J connectivity index is 1.70. The van der Waals surface area contributed by atoms with E-state index in [2.05, 4.69) is 15.6 Å². The number of benzene rings is 3. The number of anilines is 2. The molecular weight excluding hydrogens is 454 g/mol. The molecule has 4 rings (SSSR count). The van der Waals surface area contributed by atoms with Crippen molar-refractivity contribution in [3.8, 4) is 0 Å². The Kier molecular flexibility index (Phi) is 6.12. The fourth-order valence-corrected chi connectivity index (χ4v) is 3.65. The number of nitrogens with one attached hydrogen (secondary N) is 2. The highest BCUT2D eigenvalue weighted by Gasteiger charge is 2.31. The van der Waals surface area contributed by atoms with E-state index >= 15 is 0 Å². The van der Waals surface area contributed by atoms with Crippen molar-refractivity contribution in [2.45, 2.75) is 6.17 Å². The van der Waals surface area contributed by atoms with Crippen molar-refractivity contribution in [2.75, 3.05) is 17.3 Å². The van der Waals surface area contributed by atoms with Crippen LogP contribution in [-0.4, -0.2) is 30.9 Å². The van der Waals surface area contributed by atoms with Gasteiger partial charge in [-0.25, -0.2) is 14.2 Å². The maximum absolute atomic E-state index is 14.6. The first-order valence-electron chi connectivity index (χ1n) is 9.57. The number of urea groups is 1. The molecule has 0 aliphatic carbocycles. The van der Waals surface area contributed by atoms with Crippen LogP contribution in [0.3, 0.4) is 0 Å². The number of hydrogen-bond acceptors (Lipinski definition) is 3. The summed E-state index contributed by atoms with van der Waals surface area (Å²) in [6.07, 6.45) is -1.29. The zero-order chi connectivity index (χ0) is 22.8. The van der Waals surface area contributed by atoms with E-state index < -0.39 is 23.9 Å². The fraction of sp³-hybridized carbons (Fsp3) is 0.0870. The smallest absolute Gasteiger partial charge is 0.311 e. The third-order valence-corrected chi connectivity index (χ3v) is 5.66. The molecule has 0 spiro atoms. The Morgan fingerprint density at radius 3 is 2.41 bits per heavy atom. The highest BCUT2D eigenvalue weighted by Crippen LogP contribution is 2.28. The van der Waals surface area contributed by atoms with Crippen molar-refractivity contribution in [3.05, 3.63) is 93.7 Å². The minimum absolute atomic E-state index is 0.222. The molecule has 3 aromatic carbocycles. The Labute approximate surface area is 193 Å². The average molecular weight is 471 g/mol. The summed E-state index contributed by atoms with van der Waals surface area (Å²) in [4.78, 5) is 31.6. The Morgan fingerprint density at radius 1 is 1.00 bits per heavy atom. The van der Waals surface area contributed by atoms with Crippen molar-refractivity contribution in [3.63, 3.8) is 0 Å². The van der Waals surface area contributed by atoms with Gasteiger partial charge in [-0.1, -0.05) is 53.5 Å². The molecule has 1 heterocycles. The Hall–Kier alpha value is -3.42. The van der Waals surface area contributed by atoms with Gasteiger partial charge in [0.1, 0.15) is 5.82 Å². The number of halogens is 3. The quantitative estimate of drug-likeness (QED) is 0.558. The molecule has 3 amide bonds. The van der Waals surface area contributed by atoms with Crippen molar-refractivity contribution in [1.82, 2.24) is 5.32 Å². The lowest BCUT2D eigenvalue weighted by molar-refractivity contribution is -0.119. The molecule has 2 N–H and O–H groups in total. The molecule has 0 fully saturated rings. The number of carbonyl (C=O) groups is 2. The number of benzodiazepines with no additional fused rings is 1. The number of carbonyl (C=O) groups excluding carboxylic acids is 2. The van der Waals surface area contributed by atoms with Gasteiger partial charge in [0.15, 0.2) is 0 Å². The van der Waals surface area contributed by atoms with Crippen LogP contribution in [0.25, 0.3) is 0 Å². The largest absolute Gasteiger partial charge is 0.321 e. The first-order valence-corrected chi connectivity index (χ1v) is 10.3. The average Bonchev–Trinajstić information content (AvgIpc) is 2.87. The highest BCUT2D eigenvalue weighted by molar-refractivity contribution is 6.42. The number of aliphatic imine (C=N–C) groups is 1. The maximum atomic E-state index is 14.6. The van der Waals surface area contributed by atoms with E-state index in [1.165, 1.54) is 23.1 Å². The zero-order valence-electron chi connectivity index (χ0n) is 16.8. The van der Waals surface area contributed by atoms with Crippen LogP contribution in [0.5, 0.6) is 0 Å². The molecule has 1 aliphatic rings. The summed E-state index contributed by atoms with van der Waals surface area (Å²) in [5.74, 6) is -0.967. The molecule has 1 atom stereocenters. The second-order valence-corrected chi connectivity index (χ2v) is 7.82. The highest BCUT2D eigenvalue weighted by atomic mass is 35.5. The predicted molar refractivity (Wildman–Crippen MR) is 124 cm³/mol. The van der Waals surface area contributed by atoms with Gasteiger partial charge in [0.05, 0.1) is 21.4 Å². The molecule has 1 aliphatic heterocycles. The summed E-state index contributed by atoms with van der Waals surface area (Å²) in [6, 6.07) is 17.1. The molecule has 1 unspecified atom stereocenters. The van der Waals surface area contributed by atoms with Crippen LogP contribution in [0.4, 0.5) is 20.6 Å². The first kappa shape index (κ1) is 21.8. The number of rotatable bonds is 3. The number of nitrogens with zero attached hydrogens (tertiary/aromatic N) is 2. The molecule has 0 saturated heterocycles. The van der Waals surface area contributed by atoms with Crippen LogP contribution in [0, 0.1) is 5.82 Å². The SMILES string of the molecule is CN1C(=O)C(NC(=O)Nc2ccc(Cl)c(Cl)c2)N=C(c2ccccc2F)c2ccccc21. The van der Waals surface area contributed by atoms with Crippen LogP contribution in [0.15, 0.2) is 71.7 Å². The second kappa shape index (κ2) is 8.98. The molecule has 0 bridgehead atoms. The van der Waals surface area contributed by atoms with Gasteiger partial charge in [-0.05, 0) is 36.4 Å². The van der Waals surface area contributed by atoms with Gasteiger partial charge in [-0.2, -0.15) is 0 Å². The number of para-hydroxylation sites is 1. The molecule has 162 valence electrons. The lowest BCUT2D eigenvalue weighted by atomic mass is 10.00. The summed E-state index contributed by atoms with van der Waals surface area (Å²) in [5, 5.41) is 5.75. The lowest BCUT2D eigenvalue weighted by Crippen LogP contribution is -2.47. The lowest BCUT2D eigenvalue weighted by Gasteiger charge is -2.21. The standard InChI is InChI=1S/C23H17Cl2FN4O2/c1-30-19-9-5-3-7-15(19)20(14-6-2-4-8-18(14)26)28-21(22(30)31)29-23(32)27-13-10-11-16(24)17(25)12-13/h2-12,21H,1H3,(H2,27,29,32). The number of likely N-dealkylation sites (N-methyl/N-ethyl adjacent to an activating group) is 1. The van der Waals surface area contributed by atoms with Crippen molar-refractivity contribution in [1.29, 1.82) is 0 Å². The van der Waals surface area contributed by atoms with Crippen LogP contribution in [-0.2, 0) is 4.79 Å². The molecule has 6 nitrogen and oxygen atoms in total. The zero-order valence-corrected chi connectivity index (χ0v) is 18.3. The summed E-state index contributed by atoms with van der Waals surface area (Å²) >= 11 is 11.9. The molecular formula is C23H17Cl2FN4O2. The normalized spacial score (nSPS) is 15.5. The van der Waals surface area contributed by atoms with E-state index in [0.29, 0.717) is 22.0 Å². The Morgan fingerprint density at radius 2 is 1.69 bits per heavy atom. The van der Waals surface area contributed by atoms with Gasteiger partial charge in [-0.15, -0.1) is 0 Å². The van der Waals surface area contributed by atoms with E-state index in [-0.39, 0.29) is 16.3 Å². The third-order valence-electron chi connectivity index (χ3n) is 4.92. The van der Waals surface area contributed by atoms with Gasteiger partial charge < -0.3 is 15.5 Å². The van der Waals surface area contributed by atoms with E-state index in [1.54, 1.807) is 55.6 Å². The van der Waals surface area contributed by atoms with Crippen LogP contribution in [0.2, 0.25) is 10.0 Å². The maximum Gasteiger partial charge on any atom is 0.321 e. The monoisotopic (exact) mass is 470 g/mol. The summed E-state index contributed by atoms with van der Waals surface area (Å²) in [6.45, 7) is 0. The van der Waals surface area contributed by atoms with Crippen LogP contribution < -0.4 is 15.5 Å². The number of fused-ring (bicyclic) bond motifs is 1. The van der Waals surface area contributed by atoms with Gasteiger partial charge in [0, 0.05) is 23.9 Å². The molecule has 9 heteroatoms. The van der Waals surface area contributed by atoms with Gasteiger partial charge in [0.25, 0.3) is 5.91 Å². The summed E-state index contributed by atoms with van der Waals surface area (Å²) in [7, 11) is 1.58. The molecule has 0 aromatic heterocycles. The van der Waals surface area contributed by atoms with Crippen molar-refractivity contribution >= 4 is 52.2 Å². The topological polar surface area (TPSA) is 73.8 Å². The van der Waals surface area contributed by atoms with Crippen LogP contribution >= 0.6 is 23.2 Å². The third kappa shape index (κ3) is 4.30. The minimum Gasteiger partial charge on any atom is -0.311 e. The molecule has 3 aromatic rings. The predicted octanol–water partition coefficient (Wildman–Crippen LogP) is 5.09. The van der Waals surface area contributed by atoms with E-state index in [0.717, 1.165) is 0 Å². The van der Waals surface area contributed by atoms with Gasteiger partial charge in [0.2, 0.25) is 6.17 Å². The van der Waals surface area contributed by atoms with Crippen molar-refractivity contribution < 1.29 is 14.0 Å². The van der Waals surface area contributed by atoms with E-state index in [1.807, 2.05) is 0 Å². The molecule has 0 saturated carbocycles. The minimum atomic E-state index is -1.29. The first-order chi connectivity index (χ1) is 15.3. The summed E-state index contributed by atoms with van der Waals surface area (Å²) < 4.78 is 14.6. The van der Waals surface area contributed by atoms with E-state index in [4.69, 9.17) is 23.2 Å². The van der Waals surface area contributed by atoms with Crippen molar-refractivity contribution in [2.24, 2.45) is 4.99 Å². The second-order valence-electron chi connectivity index (χ2n) is 7.00. The molecule has 0 radical (unpaired) electrons. The van der Waals surface area contributed by atoms with E-state index in [9.17, 15) is 14.0 Å². The number of hydrogen-bond donors (Lipinski definition) is 2. The summed E-state index contributed by atoms with van der Waals surface area (Å²) in [5.41, 5.74) is 1.99. The Bertz CT molecular complexity index is 1250. The fourth-order valence-electron chi connectivity index (χ4n) is 3.35. The van der Waals surface area contributed by atoms with Crippen LogP contribution in [0.1, 0.15) is 11.1 Å². The van der Waals surface area contributed by atoms with Gasteiger partial charge >= 0.3 is 6.03 Å².